The Balaban J connectivity index is 1.51. The number of benzene rings is 3. The van der Waals surface area contributed by atoms with E-state index < -0.39 is 30.1 Å². The van der Waals surface area contributed by atoms with E-state index in [0.29, 0.717) is 5.02 Å². The van der Waals surface area contributed by atoms with Crippen LogP contribution in [0.3, 0.4) is 0 Å². The second kappa shape index (κ2) is 11.1. The maximum absolute atomic E-state index is 13.3. The summed E-state index contributed by atoms with van der Waals surface area (Å²) in [5.74, 6) is -1.71. The van der Waals surface area contributed by atoms with Gasteiger partial charge in [-0.25, -0.2) is 9.59 Å². The standard InChI is InChI=1S/C27H25ClN2O5/c28-22-12-10-18(11-13-22)14-23(26(32)33)29-25(31)24-15-20-8-4-5-9-21(20)16-30(24)27(34)35-17-19-6-2-1-3-7-19/h1-13,23-24H,14-17H2,(H,29,31)(H,32,33)/t23-,24-/m0/s1. The predicted octanol–water partition coefficient (Wildman–Crippen LogP) is 4.22. The maximum Gasteiger partial charge on any atom is 0.411 e. The fourth-order valence-corrected chi connectivity index (χ4v) is 4.20. The van der Waals surface area contributed by atoms with Crippen molar-refractivity contribution < 1.29 is 24.2 Å². The van der Waals surface area contributed by atoms with Gasteiger partial charge < -0.3 is 15.2 Å². The van der Waals surface area contributed by atoms with E-state index in [4.69, 9.17) is 16.3 Å². The zero-order chi connectivity index (χ0) is 24.8. The Bertz CT molecular complexity index is 1200. The number of halogens is 1. The van der Waals surface area contributed by atoms with E-state index >= 15 is 0 Å². The van der Waals surface area contributed by atoms with Crippen LogP contribution in [0.2, 0.25) is 5.02 Å². The normalized spacial score (nSPS) is 15.6. The first-order valence-electron chi connectivity index (χ1n) is 11.2. The third-order valence-corrected chi connectivity index (χ3v) is 6.21. The number of hydrogen-bond donors (Lipinski definition) is 2. The summed E-state index contributed by atoms with van der Waals surface area (Å²) in [5.41, 5.74) is 3.40. The number of hydrogen-bond acceptors (Lipinski definition) is 4. The van der Waals surface area contributed by atoms with Crippen LogP contribution in [0.5, 0.6) is 0 Å². The van der Waals surface area contributed by atoms with Crippen molar-refractivity contribution in [3.63, 3.8) is 0 Å². The SMILES string of the molecule is O=C(O)[C@H](Cc1ccc(Cl)cc1)NC(=O)[C@@H]1Cc2ccccc2CN1C(=O)OCc1ccccc1. The molecule has 0 bridgehead atoms. The third-order valence-electron chi connectivity index (χ3n) is 5.96. The molecule has 0 aliphatic carbocycles. The quantitative estimate of drug-likeness (QED) is 0.515. The van der Waals surface area contributed by atoms with Crippen molar-refractivity contribution in [2.24, 2.45) is 0 Å². The van der Waals surface area contributed by atoms with E-state index in [1.54, 1.807) is 24.3 Å². The van der Waals surface area contributed by atoms with Gasteiger partial charge in [-0.2, -0.15) is 0 Å². The lowest BCUT2D eigenvalue weighted by Gasteiger charge is -2.35. The smallest absolute Gasteiger partial charge is 0.411 e. The molecule has 3 aromatic carbocycles. The number of carbonyl (C=O) groups excluding carboxylic acids is 2. The molecule has 0 radical (unpaired) electrons. The number of rotatable bonds is 7. The van der Waals surface area contributed by atoms with Crippen molar-refractivity contribution in [3.05, 3.63) is 106 Å². The molecule has 0 fully saturated rings. The molecule has 2 amide bonds. The van der Waals surface area contributed by atoms with Crippen molar-refractivity contribution in [2.75, 3.05) is 0 Å². The Labute approximate surface area is 208 Å². The molecule has 35 heavy (non-hydrogen) atoms. The average Bonchev–Trinajstić information content (AvgIpc) is 2.87. The van der Waals surface area contributed by atoms with Gasteiger partial charge in [0.2, 0.25) is 5.91 Å². The highest BCUT2D eigenvalue weighted by molar-refractivity contribution is 6.30. The van der Waals surface area contributed by atoms with Crippen molar-refractivity contribution >= 4 is 29.6 Å². The molecule has 7 nitrogen and oxygen atoms in total. The Kier molecular flexibility index (Phi) is 7.67. The summed E-state index contributed by atoms with van der Waals surface area (Å²) in [7, 11) is 0. The molecule has 0 saturated heterocycles. The summed E-state index contributed by atoms with van der Waals surface area (Å²) in [6.07, 6.45) is -0.288. The molecule has 8 heteroatoms. The number of aliphatic carboxylic acids is 1. The maximum atomic E-state index is 13.3. The van der Waals surface area contributed by atoms with E-state index in [-0.39, 0.29) is 26.0 Å². The highest BCUT2D eigenvalue weighted by Gasteiger charge is 2.37. The van der Waals surface area contributed by atoms with Gasteiger partial charge in [0, 0.05) is 17.9 Å². The van der Waals surface area contributed by atoms with Gasteiger partial charge >= 0.3 is 12.1 Å². The minimum atomic E-state index is -1.16. The Morgan fingerprint density at radius 3 is 2.29 bits per heavy atom. The molecule has 0 unspecified atom stereocenters. The van der Waals surface area contributed by atoms with E-state index in [9.17, 15) is 19.5 Å². The highest BCUT2D eigenvalue weighted by Crippen LogP contribution is 2.25. The van der Waals surface area contributed by atoms with Crippen LogP contribution in [-0.2, 0) is 40.3 Å². The van der Waals surface area contributed by atoms with E-state index in [2.05, 4.69) is 5.32 Å². The highest BCUT2D eigenvalue weighted by atomic mass is 35.5. The van der Waals surface area contributed by atoms with Gasteiger partial charge in [0.15, 0.2) is 0 Å². The van der Waals surface area contributed by atoms with E-state index in [1.165, 1.54) is 4.90 Å². The Hall–Kier alpha value is -3.84. The van der Waals surface area contributed by atoms with Crippen LogP contribution in [0.25, 0.3) is 0 Å². The van der Waals surface area contributed by atoms with Crippen LogP contribution in [-0.4, -0.2) is 40.1 Å². The first-order chi connectivity index (χ1) is 16.9. The van der Waals surface area contributed by atoms with Crippen LogP contribution in [0.15, 0.2) is 78.9 Å². The predicted molar refractivity (Wildman–Crippen MR) is 131 cm³/mol. The van der Waals surface area contributed by atoms with E-state index in [1.807, 2.05) is 54.6 Å². The lowest BCUT2D eigenvalue weighted by molar-refractivity contribution is -0.142. The van der Waals surface area contributed by atoms with Crippen LogP contribution >= 0.6 is 11.6 Å². The summed E-state index contributed by atoms with van der Waals surface area (Å²) in [5, 5.41) is 12.9. The molecule has 4 rings (SSSR count). The number of amides is 2. The van der Waals surface area contributed by atoms with Gasteiger partial charge in [-0.05, 0) is 34.4 Å². The number of ether oxygens (including phenoxy) is 1. The summed E-state index contributed by atoms with van der Waals surface area (Å²) in [6, 6.07) is 21.5. The molecule has 180 valence electrons. The second-order valence-electron chi connectivity index (χ2n) is 8.39. The lowest BCUT2D eigenvalue weighted by atomic mass is 9.93. The average molecular weight is 493 g/mol. The van der Waals surface area contributed by atoms with Gasteiger partial charge in [0.1, 0.15) is 18.7 Å². The zero-order valence-electron chi connectivity index (χ0n) is 18.9. The molecule has 0 aromatic heterocycles. The molecule has 1 aliphatic rings. The number of fused-ring (bicyclic) bond motifs is 1. The van der Waals surface area contributed by atoms with Crippen molar-refractivity contribution in [1.29, 1.82) is 0 Å². The summed E-state index contributed by atoms with van der Waals surface area (Å²) in [6.45, 7) is 0.261. The van der Waals surface area contributed by atoms with Crippen molar-refractivity contribution in [1.82, 2.24) is 10.2 Å². The topological polar surface area (TPSA) is 95.9 Å². The van der Waals surface area contributed by atoms with Crippen LogP contribution in [0.4, 0.5) is 4.79 Å². The molecule has 1 heterocycles. The molecule has 2 N–H and O–H groups in total. The molecular weight excluding hydrogens is 468 g/mol. The number of carboxylic acids is 1. The molecule has 1 aliphatic heterocycles. The fourth-order valence-electron chi connectivity index (χ4n) is 4.08. The molecular formula is C27H25ClN2O5. The molecule has 2 atom stereocenters. The van der Waals surface area contributed by atoms with Crippen LogP contribution in [0, 0.1) is 0 Å². The van der Waals surface area contributed by atoms with E-state index in [0.717, 1.165) is 22.3 Å². The monoisotopic (exact) mass is 492 g/mol. The zero-order valence-corrected chi connectivity index (χ0v) is 19.6. The summed E-state index contributed by atoms with van der Waals surface area (Å²) >= 11 is 5.91. The third kappa shape index (κ3) is 6.19. The number of nitrogens with zero attached hydrogens (tertiary/aromatic N) is 1. The Morgan fingerprint density at radius 1 is 0.943 bits per heavy atom. The minimum Gasteiger partial charge on any atom is -0.480 e. The number of carboxylic acid groups (broad SMARTS) is 1. The van der Waals surface area contributed by atoms with Gasteiger partial charge in [-0.3, -0.25) is 9.69 Å². The van der Waals surface area contributed by atoms with Crippen LogP contribution < -0.4 is 5.32 Å². The second-order valence-corrected chi connectivity index (χ2v) is 8.82. The van der Waals surface area contributed by atoms with Crippen molar-refractivity contribution in [3.8, 4) is 0 Å². The van der Waals surface area contributed by atoms with Crippen molar-refractivity contribution in [2.45, 2.75) is 38.1 Å². The van der Waals surface area contributed by atoms with Gasteiger partial charge in [-0.1, -0.05) is 78.3 Å². The minimum absolute atomic E-state index is 0.0699. The molecule has 3 aromatic rings. The first-order valence-corrected chi connectivity index (χ1v) is 11.6. The van der Waals surface area contributed by atoms with Gasteiger partial charge in [0.25, 0.3) is 0 Å². The van der Waals surface area contributed by atoms with Crippen LogP contribution in [0.1, 0.15) is 22.3 Å². The number of nitrogens with one attached hydrogen (secondary N) is 1. The fraction of sp³-hybridized carbons (Fsp3) is 0.222. The molecule has 0 spiro atoms. The number of carbonyl (C=O) groups is 3. The molecule has 0 saturated carbocycles. The summed E-state index contributed by atoms with van der Waals surface area (Å²) in [4.78, 5) is 39.6. The summed E-state index contributed by atoms with van der Waals surface area (Å²) < 4.78 is 5.50. The first kappa shape index (κ1) is 24.3. The lowest BCUT2D eigenvalue weighted by Crippen LogP contribution is -2.56. The van der Waals surface area contributed by atoms with Gasteiger partial charge in [-0.15, -0.1) is 0 Å². The Morgan fingerprint density at radius 2 is 1.60 bits per heavy atom. The van der Waals surface area contributed by atoms with Gasteiger partial charge in [0.05, 0.1) is 6.54 Å². The largest absolute Gasteiger partial charge is 0.480 e.